The van der Waals surface area contributed by atoms with Crippen LogP contribution < -0.4 is 10.5 Å². The standard InChI is InChI=1S/C19H26N2O3/c1-19(2)13-11-14-16(8-10-21(14)17(22)7-9-20)23-18(13)12-5-3-4-6-15(12)24-19/h3-6,13-14,16,18H,7-11,20H2,1-2H3/t13-,14-,16-,18+/m1/s1. The zero-order valence-corrected chi connectivity index (χ0v) is 14.4. The molecule has 5 heteroatoms. The van der Waals surface area contributed by atoms with Crippen LogP contribution in [-0.4, -0.2) is 41.6 Å². The lowest BCUT2D eigenvalue weighted by atomic mass is 9.74. The average molecular weight is 330 g/mol. The number of hydrogen-bond acceptors (Lipinski definition) is 4. The predicted molar refractivity (Wildman–Crippen MR) is 90.7 cm³/mol. The number of carbonyl (C=O) groups excluding carboxylic acids is 1. The molecule has 1 aromatic rings. The third kappa shape index (κ3) is 2.42. The van der Waals surface area contributed by atoms with E-state index in [2.05, 4.69) is 19.9 Å². The molecule has 1 aromatic carbocycles. The fourth-order valence-corrected chi connectivity index (χ4v) is 4.61. The second-order valence-electron chi connectivity index (χ2n) is 7.66. The smallest absolute Gasteiger partial charge is 0.224 e. The molecule has 1 amide bonds. The molecular weight excluding hydrogens is 304 g/mol. The van der Waals surface area contributed by atoms with Gasteiger partial charge in [-0.2, -0.15) is 0 Å². The summed E-state index contributed by atoms with van der Waals surface area (Å²) in [7, 11) is 0. The highest BCUT2D eigenvalue weighted by Crippen LogP contribution is 2.52. The Morgan fingerprint density at radius 2 is 2.17 bits per heavy atom. The van der Waals surface area contributed by atoms with Gasteiger partial charge in [0.05, 0.1) is 18.2 Å². The van der Waals surface area contributed by atoms with E-state index in [4.69, 9.17) is 15.2 Å². The predicted octanol–water partition coefficient (Wildman–Crippen LogP) is 2.25. The number of rotatable bonds is 2. The average Bonchev–Trinajstić information content (AvgIpc) is 2.96. The topological polar surface area (TPSA) is 64.8 Å². The number of fused-ring (bicyclic) bond motifs is 4. The van der Waals surface area contributed by atoms with Gasteiger partial charge in [0.15, 0.2) is 0 Å². The molecule has 0 unspecified atom stereocenters. The van der Waals surface area contributed by atoms with Crippen molar-refractivity contribution in [3.63, 3.8) is 0 Å². The first kappa shape index (κ1) is 15.9. The van der Waals surface area contributed by atoms with Crippen molar-refractivity contribution in [3.05, 3.63) is 29.8 Å². The Morgan fingerprint density at radius 3 is 2.96 bits per heavy atom. The van der Waals surface area contributed by atoms with E-state index in [1.54, 1.807) is 0 Å². The van der Waals surface area contributed by atoms with Crippen molar-refractivity contribution in [2.75, 3.05) is 13.1 Å². The summed E-state index contributed by atoms with van der Waals surface area (Å²) in [6, 6.07) is 8.32. The molecule has 2 saturated heterocycles. The Labute approximate surface area is 143 Å². The number of nitrogens with two attached hydrogens (primary N) is 1. The van der Waals surface area contributed by atoms with Crippen LogP contribution in [0.3, 0.4) is 0 Å². The van der Waals surface area contributed by atoms with Gasteiger partial charge in [0.2, 0.25) is 5.91 Å². The molecule has 0 spiro atoms. The van der Waals surface area contributed by atoms with Crippen molar-refractivity contribution in [1.82, 2.24) is 4.90 Å². The molecule has 3 aliphatic rings. The molecule has 3 aliphatic heterocycles. The van der Waals surface area contributed by atoms with Gasteiger partial charge in [-0.25, -0.2) is 0 Å². The molecule has 0 aliphatic carbocycles. The minimum Gasteiger partial charge on any atom is -0.487 e. The first-order chi connectivity index (χ1) is 11.5. The van der Waals surface area contributed by atoms with Gasteiger partial charge >= 0.3 is 0 Å². The number of para-hydroxylation sites is 1. The third-order valence-corrected chi connectivity index (χ3v) is 5.84. The minimum absolute atomic E-state index is 0.0516. The quantitative estimate of drug-likeness (QED) is 0.903. The zero-order chi connectivity index (χ0) is 16.9. The lowest BCUT2D eigenvalue weighted by molar-refractivity contribution is -0.167. The van der Waals surface area contributed by atoms with Crippen LogP contribution in [0.4, 0.5) is 0 Å². The fraction of sp³-hybridized carbons (Fsp3) is 0.632. The van der Waals surface area contributed by atoms with E-state index in [1.807, 2.05) is 23.1 Å². The number of carbonyl (C=O) groups is 1. The van der Waals surface area contributed by atoms with Gasteiger partial charge in [-0.05, 0) is 32.8 Å². The van der Waals surface area contributed by atoms with Gasteiger partial charge in [-0.15, -0.1) is 0 Å². The first-order valence-corrected chi connectivity index (χ1v) is 8.94. The fourth-order valence-electron chi connectivity index (χ4n) is 4.61. The second kappa shape index (κ2) is 5.74. The van der Waals surface area contributed by atoms with Gasteiger partial charge in [0.25, 0.3) is 0 Å². The number of likely N-dealkylation sites (tertiary alicyclic amines) is 1. The van der Waals surface area contributed by atoms with E-state index in [1.165, 1.54) is 0 Å². The number of amides is 1. The highest BCUT2D eigenvalue weighted by atomic mass is 16.5. The normalized spacial score (nSPS) is 33.2. The lowest BCUT2D eigenvalue weighted by Gasteiger charge is -2.50. The summed E-state index contributed by atoms with van der Waals surface area (Å²) in [4.78, 5) is 14.4. The Balaban J connectivity index is 1.64. The molecule has 4 rings (SSSR count). The second-order valence-corrected chi connectivity index (χ2v) is 7.66. The van der Waals surface area contributed by atoms with Crippen molar-refractivity contribution in [2.24, 2.45) is 11.7 Å². The molecule has 24 heavy (non-hydrogen) atoms. The largest absolute Gasteiger partial charge is 0.487 e. The molecule has 0 aromatic heterocycles. The van der Waals surface area contributed by atoms with Gasteiger partial charge in [-0.3, -0.25) is 4.79 Å². The third-order valence-electron chi connectivity index (χ3n) is 5.84. The Hall–Kier alpha value is -1.59. The van der Waals surface area contributed by atoms with E-state index in [9.17, 15) is 4.79 Å². The van der Waals surface area contributed by atoms with E-state index in [-0.39, 0.29) is 35.7 Å². The molecule has 0 bridgehead atoms. The summed E-state index contributed by atoms with van der Waals surface area (Å²) in [5.41, 5.74) is 6.40. The lowest BCUT2D eigenvalue weighted by Crippen LogP contribution is -2.54. The van der Waals surface area contributed by atoms with Crippen molar-refractivity contribution in [1.29, 1.82) is 0 Å². The van der Waals surface area contributed by atoms with Crippen molar-refractivity contribution in [2.45, 2.75) is 57.0 Å². The molecule has 130 valence electrons. The molecule has 2 fully saturated rings. The molecule has 4 atom stereocenters. The summed E-state index contributed by atoms with van der Waals surface area (Å²) in [6.45, 7) is 5.44. The monoisotopic (exact) mass is 330 g/mol. The summed E-state index contributed by atoms with van der Waals surface area (Å²) >= 11 is 0. The van der Waals surface area contributed by atoms with Gasteiger partial charge in [-0.1, -0.05) is 18.2 Å². The van der Waals surface area contributed by atoms with Crippen molar-refractivity contribution >= 4 is 5.91 Å². The summed E-state index contributed by atoms with van der Waals surface area (Å²) in [6.07, 6.45) is 2.42. The van der Waals surface area contributed by atoms with Crippen LogP contribution in [-0.2, 0) is 9.53 Å². The van der Waals surface area contributed by atoms with Gasteiger partial charge < -0.3 is 20.1 Å². The van der Waals surface area contributed by atoms with Crippen LogP contribution in [0.15, 0.2) is 24.3 Å². The molecule has 3 heterocycles. The summed E-state index contributed by atoms with van der Waals surface area (Å²) < 4.78 is 12.8. The van der Waals surface area contributed by atoms with E-state index >= 15 is 0 Å². The van der Waals surface area contributed by atoms with Crippen molar-refractivity contribution < 1.29 is 14.3 Å². The summed E-state index contributed by atoms with van der Waals surface area (Å²) in [5.74, 6) is 1.32. The van der Waals surface area contributed by atoms with E-state index in [0.717, 1.165) is 30.7 Å². The molecule has 2 N–H and O–H groups in total. The van der Waals surface area contributed by atoms with E-state index < -0.39 is 0 Å². The van der Waals surface area contributed by atoms with Crippen LogP contribution in [0, 0.1) is 5.92 Å². The van der Waals surface area contributed by atoms with Crippen LogP contribution in [0.5, 0.6) is 5.75 Å². The highest BCUT2D eigenvalue weighted by molar-refractivity contribution is 5.77. The maximum Gasteiger partial charge on any atom is 0.224 e. The first-order valence-electron chi connectivity index (χ1n) is 8.94. The maximum atomic E-state index is 12.4. The van der Waals surface area contributed by atoms with E-state index in [0.29, 0.717) is 13.0 Å². The number of ether oxygens (including phenoxy) is 2. The van der Waals surface area contributed by atoms with Gasteiger partial charge in [0, 0.05) is 31.0 Å². The molecule has 5 nitrogen and oxygen atoms in total. The zero-order valence-electron chi connectivity index (χ0n) is 14.4. The van der Waals surface area contributed by atoms with Crippen LogP contribution in [0.25, 0.3) is 0 Å². The summed E-state index contributed by atoms with van der Waals surface area (Å²) in [5, 5.41) is 0. The van der Waals surface area contributed by atoms with Crippen LogP contribution >= 0.6 is 0 Å². The highest BCUT2D eigenvalue weighted by Gasteiger charge is 2.53. The molecule has 0 saturated carbocycles. The van der Waals surface area contributed by atoms with Crippen molar-refractivity contribution in [3.8, 4) is 5.75 Å². The van der Waals surface area contributed by atoms with Crippen LogP contribution in [0.1, 0.15) is 44.8 Å². The minimum atomic E-state index is -0.310. The number of hydrogen-bond donors (Lipinski definition) is 1. The Kier molecular flexibility index (Phi) is 3.81. The Morgan fingerprint density at radius 1 is 1.38 bits per heavy atom. The maximum absolute atomic E-state index is 12.4. The molecular formula is C19H26N2O3. The van der Waals surface area contributed by atoms with Gasteiger partial charge in [0.1, 0.15) is 11.4 Å². The molecule has 0 radical (unpaired) electrons. The Bertz CT molecular complexity index is 645. The number of nitrogens with zero attached hydrogens (tertiary/aromatic N) is 1. The van der Waals surface area contributed by atoms with Crippen LogP contribution in [0.2, 0.25) is 0 Å². The SMILES string of the molecule is CC1(C)Oc2ccccc2[C@@H]2O[C@@H]3CCN(C(=O)CCN)[C@@H]3C[C@H]21. The number of benzene rings is 1.